The minimum Gasteiger partial charge on any atom is -0.399 e. The van der Waals surface area contributed by atoms with Gasteiger partial charge in [0.25, 0.3) is 0 Å². The Kier molecular flexibility index (Phi) is 4.20. The molecule has 142 valence electrons. The van der Waals surface area contributed by atoms with Crippen LogP contribution in [0.5, 0.6) is 0 Å². The number of nitrogens with two attached hydrogens (primary N) is 1. The van der Waals surface area contributed by atoms with Gasteiger partial charge in [-0.3, -0.25) is 4.98 Å². The third kappa shape index (κ3) is 2.98. The van der Waals surface area contributed by atoms with Crippen molar-refractivity contribution in [3.8, 4) is 5.69 Å². The molecule has 2 N–H and O–H groups in total. The topological polar surface area (TPSA) is 76.1 Å². The van der Waals surface area contributed by atoms with Crippen molar-refractivity contribution in [1.29, 1.82) is 0 Å². The van der Waals surface area contributed by atoms with Crippen molar-refractivity contribution in [1.82, 2.24) is 19.7 Å². The van der Waals surface area contributed by atoms with E-state index in [4.69, 9.17) is 5.73 Å². The Labute approximate surface area is 164 Å². The van der Waals surface area contributed by atoms with Crippen molar-refractivity contribution in [2.75, 3.05) is 35.2 Å². The number of rotatable bonds is 4. The number of nitrogens with zero attached hydrogens (tertiary/aromatic N) is 6. The maximum absolute atomic E-state index is 6.07. The Hall–Kier alpha value is -3.35. The minimum absolute atomic E-state index is 0.737. The molecule has 7 heteroatoms. The van der Waals surface area contributed by atoms with E-state index < -0.39 is 0 Å². The van der Waals surface area contributed by atoms with Gasteiger partial charge in [-0.1, -0.05) is 18.2 Å². The summed E-state index contributed by atoms with van der Waals surface area (Å²) in [6.45, 7) is 3.56. The van der Waals surface area contributed by atoms with E-state index in [1.807, 2.05) is 24.4 Å². The number of aromatic nitrogens is 4. The van der Waals surface area contributed by atoms with Crippen LogP contribution in [-0.2, 0) is 6.54 Å². The number of fused-ring (bicyclic) bond motifs is 3. The highest BCUT2D eigenvalue weighted by molar-refractivity contribution is 5.63. The highest BCUT2D eigenvalue weighted by Gasteiger charge is 2.29. The lowest BCUT2D eigenvalue weighted by atomic mass is 10.1. The average Bonchev–Trinajstić information content (AvgIpc) is 3.38. The highest BCUT2D eigenvalue weighted by Crippen LogP contribution is 2.35. The molecule has 1 saturated heterocycles. The largest absolute Gasteiger partial charge is 0.399 e. The first-order valence-corrected chi connectivity index (χ1v) is 9.70. The number of pyridine rings is 1. The third-order valence-corrected chi connectivity index (χ3v) is 5.33. The monoisotopic (exact) mass is 373 g/mol. The predicted octanol–water partition coefficient (Wildman–Crippen LogP) is 2.88. The van der Waals surface area contributed by atoms with Crippen LogP contribution in [0.4, 0.5) is 17.6 Å². The van der Waals surface area contributed by atoms with Gasteiger partial charge in [0.15, 0.2) is 0 Å². The molecule has 0 unspecified atom stereocenters. The van der Waals surface area contributed by atoms with Crippen LogP contribution in [0.2, 0.25) is 0 Å². The molecule has 3 aromatic rings. The molecule has 0 aliphatic carbocycles. The van der Waals surface area contributed by atoms with Crippen LogP contribution in [0.3, 0.4) is 0 Å². The first-order chi connectivity index (χ1) is 13.8. The summed E-state index contributed by atoms with van der Waals surface area (Å²) < 4.78 is 2.18. The van der Waals surface area contributed by atoms with Crippen molar-refractivity contribution >= 4 is 23.7 Å². The molecule has 28 heavy (non-hydrogen) atoms. The molecule has 0 bridgehead atoms. The van der Waals surface area contributed by atoms with Gasteiger partial charge in [-0.15, -0.1) is 10.2 Å². The quantitative estimate of drug-likeness (QED) is 0.709. The molecule has 0 radical (unpaired) electrons. The summed E-state index contributed by atoms with van der Waals surface area (Å²) in [5.74, 6) is 1.81. The summed E-state index contributed by atoms with van der Waals surface area (Å²) in [4.78, 5) is 8.72. The zero-order valence-electron chi connectivity index (χ0n) is 15.7. The second kappa shape index (κ2) is 6.99. The number of benzene rings is 1. The van der Waals surface area contributed by atoms with E-state index in [-0.39, 0.29) is 0 Å². The Morgan fingerprint density at radius 1 is 1.07 bits per heavy atom. The van der Waals surface area contributed by atoms with E-state index in [0.29, 0.717) is 0 Å². The van der Waals surface area contributed by atoms with Gasteiger partial charge in [-0.05, 0) is 48.2 Å². The maximum Gasteiger partial charge on any atom is 0.233 e. The van der Waals surface area contributed by atoms with Gasteiger partial charge < -0.3 is 15.5 Å². The first kappa shape index (κ1) is 16.8. The van der Waals surface area contributed by atoms with E-state index in [1.54, 1.807) is 6.20 Å². The number of nitrogen functional groups attached to an aromatic ring is 1. The maximum atomic E-state index is 6.07. The van der Waals surface area contributed by atoms with Gasteiger partial charge in [-0.25, -0.2) is 4.57 Å². The fraction of sp³-hybridized carbons (Fsp3) is 0.286. The summed E-state index contributed by atoms with van der Waals surface area (Å²) in [7, 11) is 0. The Balaban J connectivity index is 1.50. The van der Waals surface area contributed by atoms with Gasteiger partial charge in [0.2, 0.25) is 11.9 Å². The predicted molar refractivity (Wildman–Crippen MR) is 112 cm³/mol. The summed E-state index contributed by atoms with van der Waals surface area (Å²) >= 11 is 0. The van der Waals surface area contributed by atoms with Gasteiger partial charge in [0.05, 0.1) is 5.69 Å². The molecule has 2 aliphatic heterocycles. The van der Waals surface area contributed by atoms with Crippen molar-refractivity contribution in [3.05, 3.63) is 59.9 Å². The lowest BCUT2D eigenvalue weighted by Gasteiger charge is -2.31. The van der Waals surface area contributed by atoms with Crippen molar-refractivity contribution in [2.45, 2.75) is 19.4 Å². The average molecular weight is 373 g/mol. The van der Waals surface area contributed by atoms with Crippen molar-refractivity contribution in [2.24, 2.45) is 0 Å². The standard InChI is InChI=1S/C21H23N7/c22-18-7-8-19-17(13-18)15-27(12-4-6-16-5-3-9-23-14-16)21-25-24-20(28(19)21)26-10-1-2-11-26/h3-9,13-14H,1-2,10-12,15,22H2. The molecule has 0 spiro atoms. The van der Waals surface area contributed by atoms with Crippen LogP contribution in [0.15, 0.2) is 48.8 Å². The van der Waals surface area contributed by atoms with Gasteiger partial charge in [-0.2, -0.15) is 0 Å². The SMILES string of the molecule is Nc1ccc2c(c1)CN(CC=Cc1cccnc1)c1nnc(N3CCCC3)n1-2. The molecule has 7 nitrogen and oxygen atoms in total. The van der Waals surface area contributed by atoms with Gasteiger partial charge in [0.1, 0.15) is 0 Å². The molecule has 0 amide bonds. The second-order valence-corrected chi connectivity index (χ2v) is 7.29. The van der Waals surface area contributed by atoms with E-state index in [2.05, 4.69) is 53.8 Å². The minimum atomic E-state index is 0.737. The zero-order chi connectivity index (χ0) is 18.9. The number of hydrogen-bond acceptors (Lipinski definition) is 6. The molecule has 1 aromatic carbocycles. The Morgan fingerprint density at radius 2 is 1.93 bits per heavy atom. The third-order valence-electron chi connectivity index (χ3n) is 5.33. The van der Waals surface area contributed by atoms with Crippen LogP contribution in [0.25, 0.3) is 11.8 Å². The van der Waals surface area contributed by atoms with Crippen LogP contribution in [-0.4, -0.2) is 39.4 Å². The number of hydrogen-bond donors (Lipinski definition) is 1. The van der Waals surface area contributed by atoms with Crippen LogP contribution in [0, 0.1) is 0 Å². The van der Waals surface area contributed by atoms with E-state index in [0.717, 1.165) is 55.0 Å². The number of anilines is 3. The summed E-state index contributed by atoms with van der Waals surface area (Å²) in [6.07, 6.45) is 10.3. The van der Waals surface area contributed by atoms with Crippen LogP contribution < -0.4 is 15.5 Å². The summed E-state index contributed by atoms with van der Waals surface area (Å²) in [5, 5.41) is 9.10. The zero-order valence-corrected chi connectivity index (χ0v) is 15.7. The first-order valence-electron chi connectivity index (χ1n) is 9.70. The Morgan fingerprint density at radius 3 is 2.75 bits per heavy atom. The molecular weight excluding hydrogens is 350 g/mol. The molecule has 0 atom stereocenters. The van der Waals surface area contributed by atoms with Crippen molar-refractivity contribution in [3.63, 3.8) is 0 Å². The molecule has 5 rings (SSSR count). The molecule has 4 heterocycles. The Bertz CT molecular complexity index is 1000. The molecule has 0 saturated carbocycles. The molecule has 1 fully saturated rings. The van der Waals surface area contributed by atoms with Gasteiger partial charge in [0, 0.05) is 44.3 Å². The lowest BCUT2D eigenvalue weighted by molar-refractivity contribution is 0.760. The fourth-order valence-corrected chi connectivity index (χ4v) is 3.97. The molecule has 2 aliphatic rings. The van der Waals surface area contributed by atoms with Crippen LogP contribution in [0.1, 0.15) is 24.0 Å². The molecular formula is C21H23N7. The highest BCUT2D eigenvalue weighted by atomic mass is 15.5. The van der Waals surface area contributed by atoms with E-state index in [9.17, 15) is 0 Å². The summed E-state index contributed by atoms with van der Waals surface area (Å²) in [6, 6.07) is 10.1. The summed E-state index contributed by atoms with van der Waals surface area (Å²) in [5.41, 5.74) is 10.3. The van der Waals surface area contributed by atoms with Gasteiger partial charge >= 0.3 is 0 Å². The lowest BCUT2D eigenvalue weighted by Crippen LogP contribution is -2.32. The van der Waals surface area contributed by atoms with Crippen LogP contribution >= 0.6 is 0 Å². The van der Waals surface area contributed by atoms with E-state index in [1.165, 1.54) is 18.4 Å². The second-order valence-electron chi connectivity index (χ2n) is 7.29. The normalized spacial score (nSPS) is 15.9. The fourth-order valence-electron chi connectivity index (χ4n) is 3.97. The van der Waals surface area contributed by atoms with Crippen molar-refractivity contribution < 1.29 is 0 Å². The smallest absolute Gasteiger partial charge is 0.233 e. The van der Waals surface area contributed by atoms with E-state index >= 15 is 0 Å². The molecule has 2 aromatic heterocycles.